The Labute approximate surface area is 129 Å². The van der Waals surface area contributed by atoms with Crippen molar-refractivity contribution in [3.8, 4) is 5.75 Å². The van der Waals surface area contributed by atoms with Crippen LogP contribution in [0.1, 0.15) is 22.1 Å². The van der Waals surface area contributed by atoms with Crippen molar-refractivity contribution >= 4 is 5.91 Å². The molecule has 0 spiro atoms. The Bertz CT molecular complexity index is 645. The Hall–Kier alpha value is -2.40. The lowest BCUT2D eigenvalue weighted by Gasteiger charge is -2.36. The van der Waals surface area contributed by atoms with Gasteiger partial charge in [-0.05, 0) is 18.2 Å². The number of benzene rings is 1. The zero-order valence-electron chi connectivity index (χ0n) is 12.5. The van der Waals surface area contributed by atoms with E-state index in [1.54, 1.807) is 19.4 Å². The van der Waals surface area contributed by atoms with Gasteiger partial charge in [-0.1, -0.05) is 24.3 Å². The number of hydrogen-bond donors (Lipinski definition) is 1. The summed E-state index contributed by atoms with van der Waals surface area (Å²) in [4.78, 5) is 18.8. The smallest absolute Gasteiger partial charge is 0.273 e. The minimum Gasteiger partial charge on any atom is -0.496 e. The molecule has 114 valence electrons. The predicted molar refractivity (Wildman–Crippen MR) is 83.9 cm³/mol. The summed E-state index contributed by atoms with van der Waals surface area (Å²) < 4.78 is 5.45. The lowest BCUT2D eigenvalue weighted by atomic mass is 10.0. The van der Waals surface area contributed by atoms with E-state index in [0.717, 1.165) is 17.9 Å². The van der Waals surface area contributed by atoms with Crippen molar-refractivity contribution in [2.75, 3.05) is 26.7 Å². The maximum Gasteiger partial charge on any atom is 0.273 e. The number of nitrogens with zero attached hydrogens (tertiary/aromatic N) is 2. The number of rotatable bonds is 3. The third kappa shape index (κ3) is 2.80. The average Bonchev–Trinajstić information content (AvgIpc) is 2.62. The predicted octanol–water partition coefficient (Wildman–Crippen LogP) is 1.88. The maximum atomic E-state index is 12.8. The quantitative estimate of drug-likeness (QED) is 0.940. The first-order valence-corrected chi connectivity index (χ1v) is 7.37. The SMILES string of the molecule is COc1ccccc1C1CNCCN1C(=O)c1ccccn1. The average molecular weight is 297 g/mol. The van der Waals surface area contributed by atoms with Gasteiger partial charge in [-0.15, -0.1) is 0 Å². The minimum absolute atomic E-state index is 0.0435. The van der Waals surface area contributed by atoms with Crippen molar-refractivity contribution in [2.24, 2.45) is 0 Å². The second kappa shape index (κ2) is 6.58. The normalized spacial score (nSPS) is 18.0. The van der Waals surface area contributed by atoms with Crippen LogP contribution in [-0.4, -0.2) is 42.5 Å². The molecule has 1 aromatic heterocycles. The summed E-state index contributed by atoms with van der Waals surface area (Å²) in [5.74, 6) is 0.757. The molecule has 0 saturated carbocycles. The van der Waals surface area contributed by atoms with Crippen molar-refractivity contribution in [1.82, 2.24) is 15.2 Å². The Balaban J connectivity index is 1.93. The van der Waals surface area contributed by atoms with Crippen molar-refractivity contribution in [1.29, 1.82) is 0 Å². The zero-order valence-corrected chi connectivity index (χ0v) is 12.5. The van der Waals surface area contributed by atoms with Gasteiger partial charge < -0.3 is 15.0 Å². The van der Waals surface area contributed by atoms with Crippen molar-refractivity contribution < 1.29 is 9.53 Å². The number of nitrogens with one attached hydrogen (secondary N) is 1. The molecule has 1 atom stereocenters. The molecule has 1 aromatic carbocycles. The molecule has 5 nitrogen and oxygen atoms in total. The fourth-order valence-electron chi connectivity index (χ4n) is 2.80. The highest BCUT2D eigenvalue weighted by molar-refractivity contribution is 5.92. The number of aromatic nitrogens is 1. The van der Waals surface area contributed by atoms with Gasteiger partial charge in [0.15, 0.2) is 0 Å². The molecule has 22 heavy (non-hydrogen) atoms. The van der Waals surface area contributed by atoms with Gasteiger partial charge in [0.25, 0.3) is 5.91 Å². The summed E-state index contributed by atoms with van der Waals surface area (Å²) in [5.41, 5.74) is 1.49. The summed E-state index contributed by atoms with van der Waals surface area (Å²) in [6.45, 7) is 2.14. The molecule has 0 aliphatic carbocycles. The minimum atomic E-state index is -0.0561. The van der Waals surface area contributed by atoms with Gasteiger partial charge in [0.05, 0.1) is 13.2 Å². The number of piperazine rings is 1. The molecular weight excluding hydrogens is 278 g/mol. The fourth-order valence-corrected chi connectivity index (χ4v) is 2.80. The van der Waals surface area contributed by atoms with Crippen LogP contribution in [0.3, 0.4) is 0 Å². The van der Waals surface area contributed by atoms with Gasteiger partial charge >= 0.3 is 0 Å². The molecule has 2 heterocycles. The van der Waals surface area contributed by atoms with E-state index in [2.05, 4.69) is 10.3 Å². The molecule has 1 aliphatic rings. The van der Waals surface area contributed by atoms with Crippen LogP contribution in [0.2, 0.25) is 0 Å². The molecular formula is C17H19N3O2. The van der Waals surface area contributed by atoms with Gasteiger partial charge in [-0.3, -0.25) is 9.78 Å². The molecule has 1 N–H and O–H groups in total. The summed E-state index contributed by atoms with van der Waals surface area (Å²) in [6, 6.07) is 13.2. The van der Waals surface area contributed by atoms with Crippen LogP contribution in [-0.2, 0) is 0 Å². The number of pyridine rings is 1. The van der Waals surface area contributed by atoms with Gasteiger partial charge in [-0.2, -0.15) is 0 Å². The Morgan fingerprint density at radius 2 is 2.09 bits per heavy atom. The highest BCUT2D eigenvalue weighted by Crippen LogP contribution is 2.30. The Kier molecular flexibility index (Phi) is 4.34. The van der Waals surface area contributed by atoms with E-state index in [1.807, 2.05) is 41.3 Å². The molecule has 3 rings (SSSR count). The van der Waals surface area contributed by atoms with E-state index in [0.29, 0.717) is 18.8 Å². The zero-order chi connectivity index (χ0) is 15.4. The highest BCUT2D eigenvalue weighted by atomic mass is 16.5. The second-order valence-electron chi connectivity index (χ2n) is 5.18. The molecule has 1 aliphatic heterocycles. The number of hydrogen-bond acceptors (Lipinski definition) is 4. The van der Waals surface area contributed by atoms with Gasteiger partial charge in [-0.25, -0.2) is 0 Å². The standard InChI is InChI=1S/C17H19N3O2/c1-22-16-8-3-2-6-13(16)15-12-18-10-11-20(15)17(21)14-7-4-5-9-19-14/h2-9,15,18H,10-12H2,1H3. The van der Waals surface area contributed by atoms with Crippen molar-refractivity contribution in [3.63, 3.8) is 0 Å². The van der Waals surface area contributed by atoms with Gasteiger partial charge in [0, 0.05) is 31.4 Å². The molecule has 0 radical (unpaired) electrons. The number of ether oxygens (including phenoxy) is 1. The van der Waals surface area contributed by atoms with Crippen LogP contribution < -0.4 is 10.1 Å². The van der Waals surface area contributed by atoms with E-state index in [4.69, 9.17) is 4.74 Å². The van der Waals surface area contributed by atoms with E-state index in [-0.39, 0.29) is 11.9 Å². The first kappa shape index (κ1) is 14.5. The topological polar surface area (TPSA) is 54.5 Å². The Morgan fingerprint density at radius 3 is 2.86 bits per heavy atom. The molecule has 2 aromatic rings. The van der Waals surface area contributed by atoms with E-state index < -0.39 is 0 Å². The number of carbonyl (C=O) groups excluding carboxylic acids is 1. The number of methoxy groups -OCH3 is 1. The lowest BCUT2D eigenvalue weighted by Crippen LogP contribution is -2.49. The van der Waals surface area contributed by atoms with E-state index >= 15 is 0 Å². The Morgan fingerprint density at radius 1 is 1.27 bits per heavy atom. The van der Waals surface area contributed by atoms with Crippen LogP contribution in [0.5, 0.6) is 5.75 Å². The summed E-state index contributed by atoms with van der Waals surface area (Å²) in [7, 11) is 1.65. The number of amides is 1. The number of para-hydroxylation sites is 1. The second-order valence-corrected chi connectivity index (χ2v) is 5.18. The molecule has 1 amide bonds. The molecule has 1 fully saturated rings. The van der Waals surface area contributed by atoms with Crippen molar-refractivity contribution in [2.45, 2.75) is 6.04 Å². The van der Waals surface area contributed by atoms with Crippen LogP contribution in [0.4, 0.5) is 0 Å². The number of carbonyl (C=O) groups is 1. The first-order valence-electron chi connectivity index (χ1n) is 7.37. The molecule has 1 saturated heterocycles. The van der Waals surface area contributed by atoms with E-state index in [1.165, 1.54) is 0 Å². The summed E-state index contributed by atoms with van der Waals surface area (Å²) in [6.07, 6.45) is 1.65. The monoisotopic (exact) mass is 297 g/mol. The van der Waals surface area contributed by atoms with E-state index in [9.17, 15) is 4.79 Å². The van der Waals surface area contributed by atoms with Gasteiger partial charge in [0.2, 0.25) is 0 Å². The third-order valence-corrected chi connectivity index (χ3v) is 3.89. The summed E-state index contributed by atoms with van der Waals surface area (Å²) in [5, 5.41) is 3.35. The largest absolute Gasteiger partial charge is 0.496 e. The third-order valence-electron chi connectivity index (χ3n) is 3.89. The van der Waals surface area contributed by atoms with Crippen LogP contribution in [0, 0.1) is 0 Å². The maximum absolute atomic E-state index is 12.8. The first-order chi connectivity index (χ1) is 10.8. The molecule has 1 unspecified atom stereocenters. The fraction of sp³-hybridized carbons (Fsp3) is 0.294. The van der Waals surface area contributed by atoms with Crippen LogP contribution in [0.15, 0.2) is 48.7 Å². The molecule has 5 heteroatoms. The van der Waals surface area contributed by atoms with Gasteiger partial charge in [0.1, 0.15) is 11.4 Å². The lowest BCUT2D eigenvalue weighted by molar-refractivity contribution is 0.0625. The van der Waals surface area contributed by atoms with Crippen molar-refractivity contribution in [3.05, 3.63) is 59.9 Å². The van der Waals surface area contributed by atoms with Crippen LogP contribution in [0.25, 0.3) is 0 Å². The summed E-state index contributed by atoms with van der Waals surface area (Å²) >= 11 is 0. The highest BCUT2D eigenvalue weighted by Gasteiger charge is 2.30. The van der Waals surface area contributed by atoms with Crippen LogP contribution >= 0.6 is 0 Å². The molecule has 0 bridgehead atoms.